The van der Waals surface area contributed by atoms with E-state index in [1.807, 2.05) is 48.5 Å². The summed E-state index contributed by atoms with van der Waals surface area (Å²) in [5.74, 6) is -1.91. The molecule has 0 aliphatic rings. The molecule has 2 heterocycles. The number of hydrogen-bond acceptors (Lipinski definition) is 5. The number of halogens is 2. The van der Waals surface area contributed by atoms with E-state index in [4.69, 9.17) is 0 Å². The molecule has 0 atom stereocenters. The van der Waals surface area contributed by atoms with Crippen molar-refractivity contribution in [1.29, 1.82) is 0 Å². The number of nitrogens with one attached hydrogen (secondary N) is 1. The number of rotatable bonds is 8. The summed E-state index contributed by atoms with van der Waals surface area (Å²) in [5, 5.41) is 18.2. The first-order chi connectivity index (χ1) is 15.3. The lowest BCUT2D eigenvalue weighted by Gasteiger charge is -2.09. The molecule has 4 aromatic rings. The lowest BCUT2D eigenvalue weighted by Crippen LogP contribution is -2.11. The summed E-state index contributed by atoms with van der Waals surface area (Å²) < 4.78 is 29.2. The van der Waals surface area contributed by atoms with E-state index in [9.17, 15) is 8.78 Å². The number of nitrogens with zero attached hydrogens (tertiary/aromatic N) is 6. The Kier molecular flexibility index (Phi) is 6.07. The Labute approximate surface area is 184 Å². The van der Waals surface area contributed by atoms with Crippen molar-refractivity contribution in [3.63, 3.8) is 0 Å². The monoisotopic (exact) mass is 437 g/mol. The molecule has 0 spiro atoms. The minimum Gasteiger partial charge on any atom is -0.245 e. The molecular weight excluding hydrogens is 412 g/mol. The number of H-pyrrole nitrogens is 1. The summed E-state index contributed by atoms with van der Waals surface area (Å²) in [6.45, 7) is 5.42. The average molecular weight is 437 g/mol. The molecule has 32 heavy (non-hydrogen) atoms. The van der Waals surface area contributed by atoms with Crippen LogP contribution in [-0.4, -0.2) is 35.4 Å². The molecule has 2 aromatic carbocycles. The fourth-order valence-electron chi connectivity index (χ4n) is 3.39. The summed E-state index contributed by atoms with van der Waals surface area (Å²) in [5.41, 5.74) is 3.87. The quantitative estimate of drug-likeness (QED) is 0.425. The Bertz CT molecular complexity index is 1160. The smallest absolute Gasteiger partial charge is 0.245 e. The maximum atomic E-state index is 13.8. The molecule has 4 rings (SSSR count). The Morgan fingerprint density at radius 3 is 2.44 bits per heavy atom. The predicted octanol–water partition coefficient (Wildman–Crippen LogP) is 4.87. The van der Waals surface area contributed by atoms with E-state index in [2.05, 4.69) is 44.6 Å². The molecule has 0 aliphatic heterocycles. The molecule has 0 saturated heterocycles. The molecule has 0 amide bonds. The fraction of sp³-hybridized carbons (Fsp3) is 0.348. The van der Waals surface area contributed by atoms with Crippen LogP contribution in [0.2, 0.25) is 0 Å². The average Bonchev–Trinajstić information content (AvgIpc) is 3.43. The highest BCUT2D eigenvalue weighted by molar-refractivity contribution is 5.70. The van der Waals surface area contributed by atoms with Gasteiger partial charge in [-0.3, -0.25) is 0 Å². The van der Waals surface area contributed by atoms with E-state index in [1.165, 1.54) is 0 Å². The van der Waals surface area contributed by atoms with Gasteiger partial charge >= 0.3 is 5.92 Å². The summed E-state index contributed by atoms with van der Waals surface area (Å²) in [6, 6.07) is 15.8. The van der Waals surface area contributed by atoms with Gasteiger partial charge in [0, 0.05) is 18.9 Å². The van der Waals surface area contributed by atoms with E-state index in [0.29, 0.717) is 30.5 Å². The van der Waals surface area contributed by atoms with Gasteiger partial charge in [-0.05, 0) is 40.3 Å². The first-order valence-corrected chi connectivity index (χ1v) is 10.5. The van der Waals surface area contributed by atoms with Crippen molar-refractivity contribution in [1.82, 2.24) is 35.4 Å². The second-order valence-electron chi connectivity index (χ2n) is 8.34. The van der Waals surface area contributed by atoms with Crippen LogP contribution in [0.5, 0.6) is 0 Å². The van der Waals surface area contributed by atoms with Crippen LogP contribution >= 0.6 is 0 Å². The van der Waals surface area contributed by atoms with Crippen molar-refractivity contribution in [2.45, 2.75) is 46.1 Å². The first-order valence-electron chi connectivity index (χ1n) is 10.5. The molecule has 0 unspecified atom stereocenters. The Morgan fingerprint density at radius 1 is 1.03 bits per heavy atom. The lowest BCUT2D eigenvalue weighted by molar-refractivity contribution is 0.00756. The minimum absolute atomic E-state index is 0.389. The topological polar surface area (TPSA) is 85.2 Å². The normalized spacial score (nSPS) is 11.9. The maximum absolute atomic E-state index is 13.8. The van der Waals surface area contributed by atoms with Gasteiger partial charge in [0.05, 0.1) is 6.54 Å². The predicted molar refractivity (Wildman–Crippen MR) is 117 cm³/mol. The Balaban J connectivity index is 1.55. The molecule has 0 saturated carbocycles. The summed E-state index contributed by atoms with van der Waals surface area (Å²) in [4.78, 5) is 4.13. The van der Waals surface area contributed by atoms with Gasteiger partial charge in [0.1, 0.15) is 5.82 Å². The van der Waals surface area contributed by atoms with Gasteiger partial charge in [0.2, 0.25) is 11.6 Å². The van der Waals surface area contributed by atoms with Gasteiger partial charge in [0.25, 0.3) is 0 Å². The number of tetrazole rings is 1. The molecule has 0 radical (unpaired) electrons. The highest BCUT2D eigenvalue weighted by atomic mass is 19.3. The molecule has 9 heteroatoms. The SMILES string of the molecule is CC(C)CCc1nc(C(C)(F)F)nn1Cc1ccc(-c2cccc(-c3nn[nH]n3)c2)cc1. The molecule has 2 aromatic heterocycles. The third-order valence-electron chi connectivity index (χ3n) is 5.17. The second kappa shape index (κ2) is 8.94. The molecule has 0 bridgehead atoms. The number of aromatic nitrogens is 7. The number of aryl methyl sites for hydroxylation is 1. The maximum Gasteiger partial charge on any atom is 0.305 e. The molecule has 1 N–H and O–H groups in total. The highest BCUT2D eigenvalue weighted by Gasteiger charge is 2.31. The van der Waals surface area contributed by atoms with Gasteiger partial charge < -0.3 is 0 Å². The van der Waals surface area contributed by atoms with Crippen molar-refractivity contribution in [3.05, 3.63) is 65.7 Å². The number of aromatic amines is 1. The van der Waals surface area contributed by atoms with Crippen LogP contribution in [0.3, 0.4) is 0 Å². The van der Waals surface area contributed by atoms with Gasteiger partial charge in [-0.1, -0.05) is 56.3 Å². The van der Waals surface area contributed by atoms with Crippen LogP contribution in [0.25, 0.3) is 22.5 Å². The Hall–Kier alpha value is -3.49. The standard InChI is InChI=1S/C23H25F2N7/c1-15(2)7-12-20-26-22(23(3,24)25)29-32(20)14-16-8-10-17(11-9-16)18-5-4-6-19(13-18)21-27-30-31-28-21/h4-6,8-11,13,15H,7,12,14H2,1-3H3,(H,27,28,30,31). The van der Waals surface area contributed by atoms with Crippen molar-refractivity contribution in [2.75, 3.05) is 0 Å². The molecule has 0 aliphatic carbocycles. The van der Waals surface area contributed by atoms with E-state index in [1.54, 1.807) is 4.68 Å². The van der Waals surface area contributed by atoms with Crippen LogP contribution in [0.4, 0.5) is 8.78 Å². The van der Waals surface area contributed by atoms with Crippen molar-refractivity contribution in [3.8, 4) is 22.5 Å². The van der Waals surface area contributed by atoms with Crippen LogP contribution in [0, 0.1) is 5.92 Å². The van der Waals surface area contributed by atoms with Crippen molar-refractivity contribution < 1.29 is 8.78 Å². The van der Waals surface area contributed by atoms with Crippen molar-refractivity contribution in [2.24, 2.45) is 5.92 Å². The van der Waals surface area contributed by atoms with E-state index in [0.717, 1.165) is 35.6 Å². The van der Waals surface area contributed by atoms with Gasteiger partial charge in [-0.15, -0.1) is 15.3 Å². The zero-order valence-electron chi connectivity index (χ0n) is 18.3. The molecule has 0 fully saturated rings. The van der Waals surface area contributed by atoms with E-state index >= 15 is 0 Å². The number of benzene rings is 2. The zero-order valence-corrected chi connectivity index (χ0v) is 18.3. The van der Waals surface area contributed by atoms with Crippen LogP contribution in [0.15, 0.2) is 48.5 Å². The van der Waals surface area contributed by atoms with Crippen LogP contribution in [0.1, 0.15) is 44.4 Å². The fourth-order valence-corrected chi connectivity index (χ4v) is 3.39. The van der Waals surface area contributed by atoms with Gasteiger partial charge in [-0.2, -0.15) is 14.0 Å². The summed E-state index contributed by atoms with van der Waals surface area (Å²) in [6.07, 6.45) is 1.48. The minimum atomic E-state index is -3.06. The largest absolute Gasteiger partial charge is 0.305 e. The van der Waals surface area contributed by atoms with Crippen molar-refractivity contribution >= 4 is 0 Å². The van der Waals surface area contributed by atoms with Gasteiger partial charge in [-0.25, -0.2) is 9.67 Å². The summed E-state index contributed by atoms with van der Waals surface area (Å²) in [7, 11) is 0. The van der Waals surface area contributed by atoms with Crippen LogP contribution in [-0.2, 0) is 18.9 Å². The molecule has 7 nitrogen and oxygen atoms in total. The summed E-state index contributed by atoms with van der Waals surface area (Å²) >= 11 is 0. The zero-order chi connectivity index (χ0) is 22.7. The second-order valence-corrected chi connectivity index (χ2v) is 8.34. The molecular formula is C23H25F2N7. The lowest BCUT2D eigenvalue weighted by atomic mass is 10.0. The highest BCUT2D eigenvalue weighted by Crippen LogP contribution is 2.26. The van der Waals surface area contributed by atoms with Gasteiger partial charge in [0.15, 0.2) is 0 Å². The molecule has 166 valence electrons. The van der Waals surface area contributed by atoms with Crippen LogP contribution < -0.4 is 0 Å². The van der Waals surface area contributed by atoms with E-state index in [-0.39, 0.29) is 0 Å². The van der Waals surface area contributed by atoms with E-state index < -0.39 is 11.7 Å². The third-order valence-corrected chi connectivity index (χ3v) is 5.17. The number of hydrogen-bond donors (Lipinski definition) is 1. The first kappa shape index (κ1) is 21.7. The number of alkyl halides is 2. The third kappa shape index (κ3) is 5.04. The Morgan fingerprint density at radius 2 is 1.78 bits per heavy atom.